The Morgan fingerprint density at radius 3 is 2.28 bits per heavy atom. The van der Waals surface area contributed by atoms with Crippen molar-refractivity contribution in [3.63, 3.8) is 0 Å². The maximum atomic E-state index is 12.6. The van der Waals surface area contributed by atoms with Gasteiger partial charge in [-0.3, -0.25) is 4.79 Å². The molecule has 0 N–H and O–H groups in total. The lowest BCUT2D eigenvalue weighted by molar-refractivity contribution is 0.0876. The molecule has 2 atom stereocenters. The zero-order chi connectivity index (χ0) is 13.4. The first kappa shape index (κ1) is 14.7. The van der Waals surface area contributed by atoms with E-state index in [-0.39, 0.29) is 11.7 Å². The Labute approximate surface area is 111 Å². The summed E-state index contributed by atoms with van der Waals surface area (Å²) in [6.45, 7) is 8.20. The van der Waals surface area contributed by atoms with Gasteiger partial charge in [0.2, 0.25) is 0 Å². The molecule has 1 aromatic carbocycles. The van der Waals surface area contributed by atoms with Gasteiger partial charge < -0.3 is 0 Å². The summed E-state index contributed by atoms with van der Waals surface area (Å²) >= 11 is 0. The summed E-state index contributed by atoms with van der Waals surface area (Å²) in [6.07, 6.45) is 6.10. The van der Waals surface area contributed by atoms with Crippen LogP contribution in [-0.2, 0) is 0 Å². The number of Topliss-reactive ketones (excluding diaryl/α,β-unsaturated/α-hetero) is 1. The normalized spacial score (nSPS) is 13.9. The third kappa shape index (κ3) is 3.83. The molecule has 98 valence electrons. The van der Waals surface area contributed by atoms with Crippen LogP contribution in [0.2, 0.25) is 0 Å². The Hall–Kier alpha value is -1.37. The van der Waals surface area contributed by atoms with Gasteiger partial charge in [-0.1, -0.05) is 63.1 Å². The predicted octanol–water partition coefficient (Wildman–Crippen LogP) is 4.89. The minimum absolute atomic E-state index is 0.0925. The molecule has 0 saturated heterocycles. The van der Waals surface area contributed by atoms with E-state index < -0.39 is 0 Å². The lowest BCUT2D eigenvalue weighted by Crippen LogP contribution is -2.22. The summed E-state index contributed by atoms with van der Waals surface area (Å²) in [5.74, 6) is 0.674. The fourth-order valence-electron chi connectivity index (χ4n) is 2.48. The molecule has 0 saturated carbocycles. The molecule has 1 heteroatoms. The predicted molar refractivity (Wildman–Crippen MR) is 77.8 cm³/mol. The Balaban J connectivity index is 2.90. The average Bonchev–Trinajstić information content (AvgIpc) is 2.43. The van der Waals surface area contributed by atoms with E-state index in [1.807, 2.05) is 36.4 Å². The van der Waals surface area contributed by atoms with Crippen LogP contribution in [-0.4, -0.2) is 5.78 Å². The molecular weight excluding hydrogens is 220 g/mol. The first-order valence-corrected chi connectivity index (χ1v) is 6.96. The standard InChI is InChI=1S/C17H24O/c1-4-10-14(6-3)16(11-5-2)17(18)15-12-8-7-9-13-15/h6-9,12-14,16H,3-5,10-11H2,1-2H3/t14-,16+/m1/s1. The van der Waals surface area contributed by atoms with E-state index in [2.05, 4.69) is 20.4 Å². The molecule has 0 aromatic heterocycles. The van der Waals surface area contributed by atoms with Gasteiger partial charge in [0.25, 0.3) is 0 Å². The Morgan fingerprint density at radius 2 is 1.78 bits per heavy atom. The van der Waals surface area contributed by atoms with E-state index in [9.17, 15) is 4.79 Å². The molecule has 1 rings (SSSR count). The lowest BCUT2D eigenvalue weighted by Gasteiger charge is -2.23. The van der Waals surface area contributed by atoms with Crippen molar-refractivity contribution >= 4 is 5.78 Å². The van der Waals surface area contributed by atoms with Crippen molar-refractivity contribution in [3.8, 4) is 0 Å². The molecule has 0 spiro atoms. The van der Waals surface area contributed by atoms with E-state index in [1.54, 1.807) is 0 Å². The molecule has 0 aliphatic heterocycles. The summed E-state index contributed by atoms with van der Waals surface area (Å²) in [4.78, 5) is 12.6. The maximum Gasteiger partial charge on any atom is 0.166 e. The number of allylic oxidation sites excluding steroid dienone is 1. The van der Waals surface area contributed by atoms with Gasteiger partial charge in [0.1, 0.15) is 0 Å². The molecular formula is C17H24O. The molecule has 0 bridgehead atoms. The topological polar surface area (TPSA) is 17.1 Å². The fraction of sp³-hybridized carbons (Fsp3) is 0.471. The van der Waals surface area contributed by atoms with Crippen LogP contribution in [0.1, 0.15) is 49.9 Å². The highest BCUT2D eigenvalue weighted by Crippen LogP contribution is 2.27. The Morgan fingerprint density at radius 1 is 1.17 bits per heavy atom. The SMILES string of the molecule is C=C[C@H](CCC)[C@H](CCC)C(=O)c1ccccc1. The van der Waals surface area contributed by atoms with Gasteiger partial charge in [0, 0.05) is 11.5 Å². The average molecular weight is 244 g/mol. The Bertz CT molecular complexity index is 366. The minimum Gasteiger partial charge on any atom is -0.294 e. The number of carbonyl (C=O) groups is 1. The molecule has 0 amide bonds. The van der Waals surface area contributed by atoms with Crippen molar-refractivity contribution in [3.05, 3.63) is 48.6 Å². The molecule has 18 heavy (non-hydrogen) atoms. The number of hydrogen-bond donors (Lipinski definition) is 0. The molecule has 0 aliphatic carbocycles. The third-order valence-corrected chi connectivity index (χ3v) is 3.44. The second kappa shape index (κ2) is 7.86. The van der Waals surface area contributed by atoms with Crippen molar-refractivity contribution in [2.24, 2.45) is 11.8 Å². The quantitative estimate of drug-likeness (QED) is 0.470. The first-order valence-electron chi connectivity index (χ1n) is 6.96. The molecule has 0 fully saturated rings. The summed E-state index contributed by atoms with van der Waals surface area (Å²) in [6, 6.07) is 9.63. The van der Waals surface area contributed by atoms with Crippen LogP contribution in [0.5, 0.6) is 0 Å². The summed E-state index contributed by atoms with van der Waals surface area (Å²) in [5.41, 5.74) is 0.832. The fourth-order valence-corrected chi connectivity index (χ4v) is 2.48. The first-order chi connectivity index (χ1) is 8.74. The van der Waals surface area contributed by atoms with Crippen LogP contribution in [0.3, 0.4) is 0 Å². The number of ketones is 1. The van der Waals surface area contributed by atoms with E-state index in [0.29, 0.717) is 5.92 Å². The van der Waals surface area contributed by atoms with E-state index >= 15 is 0 Å². The lowest BCUT2D eigenvalue weighted by atomic mass is 9.80. The molecule has 1 nitrogen and oxygen atoms in total. The van der Waals surface area contributed by atoms with Gasteiger partial charge in [-0.15, -0.1) is 6.58 Å². The van der Waals surface area contributed by atoms with Crippen LogP contribution in [0, 0.1) is 11.8 Å². The third-order valence-electron chi connectivity index (χ3n) is 3.44. The second-order valence-corrected chi connectivity index (χ2v) is 4.81. The van der Waals surface area contributed by atoms with Gasteiger partial charge in [-0.05, 0) is 18.8 Å². The van der Waals surface area contributed by atoms with Crippen molar-refractivity contribution in [1.82, 2.24) is 0 Å². The largest absolute Gasteiger partial charge is 0.294 e. The monoisotopic (exact) mass is 244 g/mol. The number of benzene rings is 1. The Kier molecular flexibility index (Phi) is 6.42. The van der Waals surface area contributed by atoms with Gasteiger partial charge in [0.05, 0.1) is 0 Å². The van der Waals surface area contributed by atoms with Gasteiger partial charge in [-0.25, -0.2) is 0 Å². The van der Waals surface area contributed by atoms with Crippen LogP contribution in [0.4, 0.5) is 0 Å². The molecule has 0 heterocycles. The van der Waals surface area contributed by atoms with Crippen LogP contribution in [0.25, 0.3) is 0 Å². The van der Waals surface area contributed by atoms with Gasteiger partial charge >= 0.3 is 0 Å². The van der Waals surface area contributed by atoms with Gasteiger partial charge in [0.15, 0.2) is 5.78 Å². The highest BCUT2D eigenvalue weighted by Gasteiger charge is 2.25. The van der Waals surface area contributed by atoms with Crippen molar-refractivity contribution in [1.29, 1.82) is 0 Å². The van der Waals surface area contributed by atoms with Crippen molar-refractivity contribution in [2.75, 3.05) is 0 Å². The molecule has 0 aliphatic rings. The summed E-state index contributed by atoms with van der Waals surface area (Å²) in [7, 11) is 0. The second-order valence-electron chi connectivity index (χ2n) is 4.81. The van der Waals surface area contributed by atoms with Crippen LogP contribution >= 0.6 is 0 Å². The smallest absolute Gasteiger partial charge is 0.166 e. The zero-order valence-corrected chi connectivity index (χ0v) is 11.6. The highest BCUT2D eigenvalue weighted by molar-refractivity contribution is 5.98. The van der Waals surface area contributed by atoms with Crippen molar-refractivity contribution < 1.29 is 4.79 Å². The van der Waals surface area contributed by atoms with E-state index in [1.165, 1.54) is 0 Å². The van der Waals surface area contributed by atoms with Gasteiger partial charge in [-0.2, -0.15) is 0 Å². The number of hydrogen-bond acceptors (Lipinski definition) is 1. The minimum atomic E-state index is 0.0925. The van der Waals surface area contributed by atoms with Crippen molar-refractivity contribution in [2.45, 2.75) is 39.5 Å². The summed E-state index contributed by atoms with van der Waals surface area (Å²) in [5, 5.41) is 0. The highest BCUT2D eigenvalue weighted by atomic mass is 16.1. The van der Waals surface area contributed by atoms with Crippen LogP contribution < -0.4 is 0 Å². The van der Waals surface area contributed by atoms with Crippen LogP contribution in [0.15, 0.2) is 43.0 Å². The van der Waals surface area contributed by atoms with E-state index in [4.69, 9.17) is 0 Å². The summed E-state index contributed by atoms with van der Waals surface area (Å²) < 4.78 is 0. The maximum absolute atomic E-state index is 12.6. The zero-order valence-electron chi connectivity index (χ0n) is 11.6. The van der Waals surface area contributed by atoms with E-state index in [0.717, 1.165) is 31.2 Å². The molecule has 0 unspecified atom stereocenters. The molecule has 0 radical (unpaired) electrons. The molecule has 1 aromatic rings. The number of carbonyl (C=O) groups excluding carboxylic acids is 1. The number of rotatable bonds is 8.